The Bertz CT molecular complexity index is 587. The fourth-order valence-corrected chi connectivity index (χ4v) is 1.90. The summed E-state index contributed by atoms with van der Waals surface area (Å²) in [5.41, 5.74) is 6.20. The number of nitrogen functional groups attached to an aromatic ring is 1. The van der Waals surface area contributed by atoms with Gasteiger partial charge in [0.25, 0.3) is 10.1 Å². The molecule has 1 aromatic heterocycles. The zero-order valence-corrected chi connectivity index (χ0v) is 7.75. The van der Waals surface area contributed by atoms with Gasteiger partial charge in [-0.15, -0.1) is 0 Å². The van der Waals surface area contributed by atoms with E-state index in [9.17, 15) is 8.42 Å². The second kappa shape index (κ2) is 2.69. The standard InChI is InChI=1S/C7H7N3O3S/c8-5-1-2-6(14(11,12)13)7-4(5)3-9-10-7/h1-3H,8H2,(H,9,10)(H,11,12,13). The number of aromatic nitrogens is 2. The normalized spacial score (nSPS) is 12.1. The first-order valence-electron chi connectivity index (χ1n) is 3.69. The van der Waals surface area contributed by atoms with Gasteiger partial charge in [-0.3, -0.25) is 9.65 Å². The molecule has 4 N–H and O–H groups in total. The second-order valence-corrected chi connectivity index (χ2v) is 4.18. The van der Waals surface area contributed by atoms with Gasteiger partial charge >= 0.3 is 0 Å². The molecule has 0 saturated carbocycles. The minimum atomic E-state index is -4.24. The van der Waals surface area contributed by atoms with E-state index >= 15 is 0 Å². The Morgan fingerprint density at radius 1 is 1.43 bits per heavy atom. The minimum absolute atomic E-state index is 0.215. The van der Waals surface area contributed by atoms with E-state index in [0.29, 0.717) is 11.1 Å². The zero-order valence-electron chi connectivity index (χ0n) is 6.93. The lowest BCUT2D eigenvalue weighted by Crippen LogP contribution is -2.00. The van der Waals surface area contributed by atoms with E-state index in [0.717, 1.165) is 0 Å². The van der Waals surface area contributed by atoms with Gasteiger partial charge in [0.15, 0.2) is 0 Å². The number of nitrogens with two attached hydrogens (primary N) is 1. The molecule has 6 nitrogen and oxygen atoms in total. The average Bonchev–Trinajstić information content (AvgIpc) is 2.50. The van der Waals surface area contributed by atoms with Gasteiger partial charge in [-0.25, -0.2) is 0 Å². The van der Waals surface area contributed by atoms with Gasteiger partial charge < -0.3 is 5.73 Å². The lowest BCUT2D eigenvalue weighted by atomic mass is 10.2. The molecule has 0 aliphatic heterocycles. The Balaban J connectivity index is 2.93. The third-order valence-electron chi connectivity index (χ3n) is 1.89. The summed E-state index contributed by atoms with van der Waals surface area (Å²) >= 11 is 0. The maximum atomic E-state index is 10.9. The summed E-state index contributed by atoms with van der Waals surface area (Å²) in [6.07, 6.45) is 1.40. The average molecular weight is 213 g/mol. The van der Waals surface area contributed by atoms with Crippen LogP contribution in [0.2, 0.25) is 0 Å². The highest BCUT2D eigenvalue weighted by molar-refractivity contribution is 7.86. The first kappa shape index (κ1) is 8.97. The first-order chi connectivity index (χ1) is 6.50. The Hall–Kier alpha value is -1.60. The number of nitrogens with one attached hydrogen (secondary N) is 1. The fourth-order valence-electron chi connectivity index (χ4n) is 1.25. The summed E-state index contributed by atoms with van der Waals surface area (Å²) in [5, 5.41) is 6.59. The van der Waals surface area contributed by atoms with Crippen LogP contribution < -0.4 is 5.73 Å². The van der Waals surface area contributed by atoms with Crippen molar-refractivity contribution in [2.24, 2.45) is 0 Å². The molecular weight excluding hydrogens is 206 g/mol. The van der Waals surface area contributed by atoms with Gasteiger partial charge in [-0.2, -0.15) is 13.5 Å². The topological polar surface area (TPSA) is 109 Å². The monoisotopic (exact) mass is 213 g/mol. The molecule has 74 valence electrons. The summed E-state index contributed by atoms with van der Waals surface area (Å²) in [7, 11) is -4.24. The molecular formula is C7H7N3O3S. The van der Waals surface area contributed by atoms with Gasteiger partial charge in [0.1, 0.15) is 4.90 Å². The van der Waals surface area contributed by atoms with Crippen molar-refractivity contribution >= 4 is 26.7 Å². The molecule has 0 unspecified atom stereocenters. The second-order valence-electron chi connectivity index (χ2n) is 2.79. The van der Waals surface area contributed by atoms with Crippen LogP contribution >= 0.6 is 0 Å². The third kappa shape index (κ3) is 1.22. The van der Waals surface area contributed by atoms with Gasteiger partial charge in [0.05, 0.1) is 11.7 Å². The molecule has 2 rings (SSSR count). The molecule has 0 atom stereocenters. The van der Waals surface area contributed by atoms with E-state index in [1.165, 1.54) is 18.3 Å². The molecule has 2 aromatic rings. The van der Waals surface area contributed by atoms with Crippen molar-refractivity contribution in [1.82, 2.24) is 10.2 Å². The number of benzene rings is 1. The molecule has 14 heavy (non-hydrogen) atoms. The maximum absolute atomic E-state index is 10.9. The Morgan fingerprint density at radius 2 is 2.14 bits per heavy atom. The molecule has 0 amide bonds. The highest BCUT2D eigenvalue weighted by atomic mass is 32.2. The minimum Gasteiger partial charge on any atom is -0.398 e. The Labute approximate surface area is 79.5 Å². The van der Waals surface area contributed by atoms with Crippen LogP contribution in [0.4, 0.5) is 5.69 Å². The molecule has 0 spiro atoms. The van der Waals surface area contributed by atoms with Crippen molar-refractivity contribution in [2.75, 3.05) is 5.73 Å². The molecule has 0 aliphatic rings. The number of hydrogen-bond acceptors (Lipinski definition) is 4. The predicted octanol–water partition coefficient (Wildman–Crippen LogP) is 0.392. The quantitative estimate of drug-likeness (QED) is 0.469. The van der Waals surface area contributed by atoms with Gasteiger partial charge in [0, 0.05) is 11.1 Å². The van der Waals surface area contributed by atoms with E-state index in [1.807, 2.05) is 0 Å². The van der Waals surface area contributed by atoms with Crippen molar-refractivity contribution in [3.8, 4) is 0 Å². The zero-order chi connectivity index (χ0) is 10.3. The molecule has 0 saturated heterocycles. The van der Waals surface area contributed by atoms with Gasteiger partial charge in [-0.1, -0.05) is 0 Å². The van der Waals surface area contributed by atoms with Crippen LogP contribution in [0, 0.1) is 0 Å². The van der Waals surface area contributed by atoms with Crippen LogP contribution in [0.15, 0.2) is 23.2 Å². The summed E-state index contributed by atoms with van der Waals surface area (Å²) in [5.74, 6) is 0. The van der Waals surface area contributed by atoms with Crippen LogP contribution in [-0.2, 0) is 10.1 Å². The Morgan fingerprint density at radius 3 is 2.79 bits per heavy atom. The summed E-state index contributed by atoms with van der Waals surface area (Å²) < 4.78 is 30.7. The molecule has 0 aliphatic carbocycles. The highest BCUT2D eigenvalue weighted by Gasteiger charge is 2.16. The van der Waals surface area contributed by atoms with Crippen molar-refractivity contribution in [1.29, 1.82) is 0 Å². The highest BCUT2D eigenvalue weighted by Crippen LogP contribution is 2.25. The first-order valence-corrected chi connectivity index (χ1v) is 5.13. The number of anilines is 1. The number of nitrogens with zero attached hydrogens (tertiary/aromatic N) is 1. The molecule has 0 fully saturated rings. The van der Waals surface area contributed by atoms with Gasteiger partial charge in [-0.05, 0) is 12.1 Å². The van der Waals surface area contributed by atoms with E-state index in [1.54, 1.807) is 0 Å². The summed E-state index contributed by atoms with van der Waals surface area (Å²) in [6, 6.07) is 2.63. The van der Waals surface area contributed by atoms with Crippen LogP contribution in [0.1, 0.15) is 0 Å². The molecule has 7 heteroatoms. The van der Waals surface area contributed by atoms with Crippen molar-refractivity contribution in [3.63, 3.8) is 0 Å². The van der Waals surface area contributed by atoms with Crippen LogP contribution in [0.3, 0.4) is 0 Å². The number of aromatic amines is 1. The summed E-state index contributed by atoms with van der Waals surface area (Å²) in [6.45, 7) is 0. The van der Waals surface area contributed by atoms with Crippen molar-refractivity contribution < 1.29 is 13.0 Å². The number of H-pyrrole nitrogens is 1. The fraction of sp³-hybridized carbons (Fsp3) is 0. The van der Waals surface area contributed by atoms with E-state index in [4.69, 9.17) is 10.3 Å². The third-order valence-corrected chi connectivity index (χ3v) is 2.78. The van der Waals surface area contributed by atoms with E-state index < -0.39 is 10.1 Å². The molecule has 0 bridgehead atoms. The maximum Gasteiger partial charge on any atom is 0.296 e. The van der Waals surface area contributed by atoms with E-state index in [-0.39, 0.29) is 10.4 Å². The van der Waals surface area contributed by atoms with E-state index in [2.05, 4.69) is 10.2 Å². The molecule has 0 radical (unpaired) electrons. The Kier molecular flexibility index (Phi) is 1.73. The lowest BCUT2D eigenvalue weighted by Gasteiger charge is -2.00. The number of fused-ring (bicyclic) bond motifs is 1. The molecule has 1 aromatic carbocycles. The van der Waals surface area contributed by atoms with Crippen LogP contribution in [0.5, 0.6) is 0 Å². The SMILES string of the molecule is Nc1ccc(S(=O)(=O)O)c2[nH]ncc12. The van der Waals surface area contributed by atoms with Crippen LogP contribution in [-0.4, -0.2) is 23.2 Å². The molecule has 1 heterocycles. The van der Waals surface area contributed by atoms with Gasteiger partial charge in [0.2, 0.25) is 0 Å². The number of hydrogen-bond donors (Lipinski definition) is 3. The lowest BCUT2D eigenvalue weighted by molar-refractivity contribution is 0.484. The van der Waals surface area contributed by atoms with Crippen molar-refractivity contribution in [3.05, 3.63) is 18.3 Å². The predicted molar refractivity (Wildman–Crippen MR) is 50.3 cm³/mol. The summed E-state index contributed by atoms with van der Waals surface area (Å²) in [4.78, 5) is -0.223. The van der Waals surface area contributed by atoms with Crippen LogP contribution in [0.25, 0.3) is 10.9 Å². The smallest absolute Gasteiger partial charge is 0.296 e. The largest absolute Gasteiger partial charge is 0.398 e. The van der Waals surface area contributed by atoms with Crippen molar-refractivity contribution in [2.45, 2.75) is 4.90 Å². The number of rotatable bonds is 1.